The third-order valence-electron chi connectivity index (χ3n) is 2.66. The normalized spacial score (nSPS) is 19.2. The second kappa shape index (κ2) is 5.60. The van der Waals surface area contributed by atoms with E-state index in [1.165, 1.54) is 24.4 Å². The number of nitrogens with zero attached hydrogens (tertiary/aromatic N) is 1. The van der Waals surface area contributed by atoms with E-state index in [4.69, 9.17) is 17.3 Å². The second-order valence-corrected chi connectivity index (χ2v) is 5.73. The first-order chi connectivity index (χ1) is 8.16. The summed E-state index contributed by atoms with van der Waals surface area (Å²) in [4.78, 5) is 15.7. The number of hydrogen-bond acceptors (Lipinski definition) is 4. The molecular formula is C11H14ClN3OS. The number of rotatable bonds is 3. The summed E-state index contributed by atoms with van der Waals surface area (Å²) in [5.41, 5.74) is 6.44. The molecule has 0 saturated carbocycles. The molecule has 1 aromatic heterocycles. The number of nitrogens with one attached hydrogen (secondary N) is 1. The molecular weight excluding hydrogens is 258 g/mol. The minimum Gasteiger partial charge on any atom is -0.397 e. The van der Waals surface area contributed by atoms with Gasteiger partial charge in [0.15, 0.2) is 0 Å². The molecule has 1 aromatic rings. The Morgan fingerprint density at radius 1 is 1.71 bits per heavy atom. The Kier molecular flexibility index (Phi) is 4.12. The van der Waals surface area contributed by atoms with E-state index < -0.39 is 0 Å². The molecule has 1 saturated heterocycles. The van der Waals surface area contributed by atoms with Gasteiger partial charge in [0.2, 0.25) is 0 Å². The highest BCUT2D eigenvalue weighted by Gasteiger charge is 2.17. The average Bonchev–Trinajstić information content (AvgIpc) is 2.82. The van der Waals surface area contributed by atoms with Crippen LogP contribution in [0.15, 0.2) is 12.3 Å². The highest BCUT2D eigenvalue weighted by atomic mass is 35.5. The van der Waals surface area contributed by atoms with E-state index in [2.05, 4.69) is 10.3 Å². The molecule has 1 unspecified atom stereocenters. The number of carbonyl (C=O) groups is 1. The van der Waals surface area contributed by atoms with Crippen LogP contribution in [-0.4, -0.2) is 28.4 Å². The zero-order valence-corrected chi connectivity index (χ0v) is 10.9. The molecule has 2 rings (SSSR count). The van der Waals surface area contributed by atoms with Crippen molar-refractivity contribution in [2.75, 3.05) is 18.0 Å². The topological polar surface area (TPSA) is 68.0 Å². The molecule has 0 aromatic carbocycles. The second-order valence-electron chi connectivity index (χ2n) is 3.94. The van der Waals surface area contributed by atoms with Crippen LogP contribution in [0, 0.1) is 0 Å². The molecule has 2 heterocycles. The van der Waals surface area contributed by atoms with Gasteiger partial charge >= 0.3 is 0 Å². The summed E-state index contributed by atoms with van der Waals surface area (Å²) in [7, 11) is 0. The monoisotopic (exact) mass is 271 g/mol. The Hall–Kier alpha value is -0.940. The summed E-state index contributed by atoms with van der Waals surface area (Å²) in [5, 5.41) is 3.69. The molecule has 1 atom stereocenters. The average molecular weight is 272 g/mol. The number of halogens is 1. The smallest absolute Gasteiger partial charge is 0.253 e. The summed E-state index contributed by atoms with van der Waals surface area (Å²) in [6.07, 6.45) is 3.80. The molecule has 0 spiro atoms. The van der Waals surface area contributed by atoms with E-state index in [1.54, 1.807) is 0 Å². The van der Waals surface area contributed by atoms with Gasteiger partial charge < -0.3 is 11.1 Å². The van der Waals surface area contributed by atoms with Gasteiger partial charge in [0, 0.05) is 11.8 Å². The fourth-order valence-corrected chi connectivity index (χ4v) is 3.10. The first-order valence-corrected chi connectivity index (χ1v) is 6.90. The molecule has 0 bridgehead atoms. The van der Waals surface area contributed by atoms with Crippen molar-refractivity contribution >= 4 is 35.0 Å². The van der Waals surface area contributed by atoms with Crippen LogP contribution in [-0.2, 0) is 0 Å². The van der Waals surface area contributed by atoms with Gasteiger partial charge in [-0.15, -0.1) is 0 Å². The Labute approximate surface area is 109 Å². The van der Waals surface area contributed by atoms with Crippen LogP contribution in [0.1, 0.15) is 23.2 Å². The van der Waals surface area contributed by atoms with E-state index in [0.717, 1.165) is 6.42 Å². The fraction of sp³-hybridized carbons (Fsp3) is 0.455. The SMILES string of the molecule is Nc1cnc(Cl)cc1C(=O)NCC1CCCS1. The van der Waals surface area contributed by atoms with Gasteiger partial charge in [0.1, 0.15) is 5.15 Å². The van der Waals surface area contributed by atoms with Crippen molar-refractivity contribution in [1.82, 2.24) is 10.3 Å². The number of thioether (sulfide) groups is 1. The molecule has 0 aliphatic carbocycles. The molecule has 1 aliphatic heterocycles. The maximum absolute atomic E-state index is 11.9. The lowest BCUT2D eigenvalue weighted by Gasteiger charge is -2.11. The summed E-state index contributed by atoms with van der Waals surface area (Å²) in [6.45, 7) is 0.683. The van der Waals surface area contributed by atoms with Crippen LogP contribution >= 0.6 is 23.4 Å². The molecule has 1 amide bonds. The van der Waals surface area contributed by atoms with Crippen molar-refractivity contribution in [2.45, 2.75) is 18.1 Å². The van der Waals surface area contributed by atoms with Crippen LogP contribution in [0.5, 0.6) is 0 Å². The zero-order chi connectivity index (χ0) is 12.3. The van der Waals surface area contributed by atoms with Gasteiger partial charge in [-0.1, -0.05) is 11.6 Å². The third-order valence-corrected chi connectivity index (χ3v) is 4.27. The van der Waals surface area contributed by atoms with Gasteiger partial charge in [-0.3, -0.25) is 4.79 Å². The molecule has 17 heavy (non-hydrogen) atoms. The van der Waals surface area contributed by atoms with E-state index >= 15 is 0 Å². The largest absolute Gasteiger partial charge is 0.397 e. The number of anilines is 1. The first kappa shape index (κ1) is 12.5. The van der Waals surface area contributed by atoms with Crippen molar-refractivity contribution in [3.8, 4) is 0 Å². The Balaban J connectivity index is 1.96. The number of hydrogen-bond donors (Lipinski definition) is 2. The van der Waals surface area contributed by atoms with E-state index in [0.29, 0.717) is 23.0 Å². The lowest BCUT2D eigenvalue weighted by Crippen LogP contribution is -2.30. The Morgan fingerprint density at radius 2 is 2.53 bits per heavy atom. The molecule has 92 valence electrons. The van der Waals surface area contributed by atoms with Gasteiger partial charge in [-0.25, -0.2) is 4.98 Å². The highest BCUT2D eigenvalue weighted by Crippen LogP contribution is 2.25. The molecule has 0 radical (unpaired) electrons. The van der Waals surface area contributed by atoms with Crippen LogP contribution < -0.4 is 11.1 Å². The fourth-order valence-electron chi connectivity index (χ4n) is 1.74. The first-order valence-electron chi connectivity index (χ1n) is 5.47. The van der Waals surface area contributed by atoms with Gasteiger partial charge in [0.25, 0.3) is 5.91 Å². The summed E-state index contributed by atoms with van der Waals surface area (Å²) < 4.78 is 0. The number of nitrogen functional groups attached to an aromatic ring is 1. The molecule has 4 nitrogen and oxygen atoms in total. The predicted octanol–water partition coefficient (Wildman–Crippen LogP) is 1.94. The molecule has 1 fully saturated rings. The van der Waals surface area contributed by atoms with Gasteiger partial charge in [0.05, 0.1) is 17.4 Å². The number of aromatic nitrogens is 1. The maximum atomic E-state index is 11.9. The van der Waals surface area contributed by atoms with Crippen LogP contribution in [0.3, 0.4) is 0 Å². The van der Waals surface area contributed by atoms with Crippen LogP contribution in [0.25, 0.3) is 0 Å². The minimum absolute atomic E-state index is 0.181. The number of carbonyl (C=O) groups excluding carboxylic acids is 1. The Bertz CT molecular complexity index is 421. The predicted molar refractivity (Wildman–Crippen MR) is 71.5 cm³/mol. The summed E-state index contributed by atoms with van der Waals surface area (Å²) >= 11 is 7.64. The Morgan fingerprint density at radius 3 is 3.24 bits per heavy atom. The highest BCUT2D eigenvalue weighted by molar-refractivity contribution is 8.00. The maximum Gasteiger partial charge on any atom is 0.253 e. The molecule has 1 aliphatic rings. The third kappa shape index (κ3) is 3.26. The number of amides is 1. The van der Waals surface area contributed by atoms with E-state index in [1.807, 2.05) is 11.8 Å². The molecule has 6 heteroatoms. The number of nitrogens with two attached hydrogens (primary N) is 1. The summed E-state index contributed by atoms with van der Waals surface area (Å²) in [6, 6.07) is 1.49. The van der Waals surface area contributed by atoms with Crippen LogP contribution in [0.2, 0.25) is 5.15 Å². The summed E-state index contributed by atoms with van der Waals surface area (Å²) in [5.74, 6) is 1.00. The molecule has 3 N–H and O–H groups in total. The van der Waals surface area contributed by atoms with Crippen molar-refractivity contribution in [3.63, 3.8) is 0 Å². The number of pyridine rings is 1. The van der Waals surface area contributed by atoms with E-state index in [-0.39, 0.29) is 11.1 Å². The lowest BCUT2D eigenvalue weighted by atomic mass is 10.2. The standard InChI is InChI=1S/C11H14ClN3OS/c12-10-4-8(9(13)6-14-10)11(16)15-5-7-2-1-3-17-7/h4,6-7H,1-3,5,13H2,(H,15,16). The van der Waals surface area contributed by atoms with Crippen molar-refractivity contribution in [1.29, 1.82) is 0 Å². The quantitative estimate of drug-likeness (QED) is 0.825. The lowest BCUT2D eigenvalue weighted by molar-refractivity contribution is 0.0954. The van der Waals surface area contributed by atoms with Crippen molar-refractivity contribution in [2.24, 2.45) is 0 Å². The van der Waals surface area contributed by atoms with Crippen molar-refractivity contribution in [3.05, 3.63) is 23.0 Å². The zero-order valence-electron chi connectivity index (χ0n) is 9.28. The van der Waals surface area contributed by atoms with Gasteiger partial charge in [-0.2, -0.15) is 11.8 Å². The van der Waals surface area contributed by atoms with Crippen LogP contribution in [0.4, 0.5) is 5.69 Å². The minimum atomic E-state index is -0.181. The van der Waals surface area contributed by atoms with Crippen molar-refractivity contribution < 1.29 is 4.79 Å². The van der Waals surface area contributed by atoms with Gasteiger partial charge in [-0.05, 0) is 24.7 Å². The van der Waals surface area contributed by atoms with E-state index in [9.17, 15) is 4.79 Å².